The largest absolute Gasteiger partial charge is 0.395 e. The molecule has 2 fully saturated rings. The van der Waals surface area contributed by atoms with Crippen LogP contribution in [-0.4, -0.2) is 87.1 Å². The number of hydrogen-bond acceptors (Lipinski definition) is 8. The molecule has 0 bridgehead atoms. The first-order valence-corrected chi connectivity index (χ1v) is 16.9. The van der Waals surface area contributed by atoms with Crippen LogP contribution >= 0.6 is 0 Å². The molecule has 246 valence electrons. The molecule has 1 amide bonds. The fraction of sp³-hybridized carbons (Fsp3) is 0.432. The molecule has 3 atom stereocenters. The number of anilines is 1. The molecule has 0 radical (unpaired) electrons. The van der Waals surface area contributed by atoms with E-state index in [2.05, 4.69) is 67.7 Å². The number of benzene rings is 2. The van der Waals surface area contributed by atoms with Gasteiger partial charge in [0.05, 0.1) is 37.1 Å². The van der Waals surface area contributed by atoms with Crippen LogP contribution in [0.2, 0.25) is 0 Å². The van der Waals surface area contributed by atoms with Crippen molar-refractivity contribution >= 4 is 11.7 Å². The lowest BCUT2D eigenvalue weighted by Gasteiger charge is -2.38. The third kappa shape index (κ3) is 6.96. The number of nitrogens with two attached hydrogens (primary N) is 1. The van der Waals surface area contributed by atoms with E-state index in [0.29, 0.717) is 18.2 Å². The average Bonchev–Trinajstić information content (AvgIpc) is 3.84. The van der Waals surface area contributed by atoms with E-state index in [-0.39, 0.29) is 30.5 Å². The molecule has 2 aliphatic carbocycles. The van der Waals surface area contributed by atoms with Gasteiger partial charge < -0.3 is 20.9 Å². The highest BCUT2D eigenvalue weighted by molar-refractivity contribution is 5.99. The molecule has 1 aliphatic heterocycles. The molecule has 4 aromatic rings. The van der Waals surface area contributed by atoms with Gasteiger partial charge in [-0.1, -0.05) is 42.5 Å². The highest BCUT2D eigenvalue weighted by Gasteiger charge is 2.31. The Balaban J connectivity index is 0.939. The van der Waals surface area contributed by atoms with Gasteiger partial charge in [0.25, 0.3) is 5.91 Å². The number of ether oxygens (including phenoxy) is 1. The van der Waals surface area contributed by atoms with Crippen LogP contribution in [0, 0.1) is 0 Å². The zero-order chi connectivity index (χ0) is 32.3. The van der Waals surface area contributed by atoms with Crippen molar-refractivity contribution in [1.29, 1.82) is 0 Å². The first kappa shape index (κ1) is 31.5. The van der Waals surface area contributed by atoms with Crippen LogP contribution in [0.3, 0.4) is 0 Å². The number of aryl methyl sites for hydroxylation is 2. The lowest BCUT2D eigenvalue weighted by molar-refractivity contribution is 0.0272. The Morgan fingerprint density at radius 1 is 0.979 bits per heavy atom. The van der Waals surface area contributed by atoms with Gasteiger partial charge in [0.2, 0.25) is 0 Å². The van der Waals surface area contributed by atoms with Gasteiger partial charge >= 0.3 is 0 Å². The van der Waals surface area contributed by atoms with E-state index in [9.17, 15) is 9.90 Å². The summed E-state index contributed by atoms with van der Waals surface area (Å²) in [7, 11) is 1.85. The number of hydrogen-bond donors (Lipinski definition) is 3. The monoisotopic (exact) mass is 635 g/mol. The molecule has 10 nitrogen and oxygen atoms in total. The number of carbonyl (C=O) groups excluding carboxylic acids is 1. The van der Waals surface area contributed by atoms with Crippen LogP contribution in [-0.2, 0) is 24.8 Å². The lowest BCUT2D eigenvalue weighted by Crippen LogP contribution is -2.47. The molecular formula is C37H45N7O3. The van der Waals surface area contributed by atoms with Crippen molar-refractivity contribution in [1.82, 2.24) is 29.9 Å². The topological polar surface area (TPSA) is 122 Å². The van der Waals surface area contributed by atoms with Crippen molar-refractivity contribution in [3.05, 3.63) is 89.4 Å². The Bertz CT molecular complexity index is 1700. The number of aliphatic hydroxyl groups is 1. The summed E-state index contributed by atoms with van der Waals surface area (Å²) in [5.74, 6) is -0.0193. The number of β-amino-alcohol motifs (C(OH)–C–C–N with tert-alkyl or cyclic N) is 1. The summed E-state index contributed by atoms with van der Waals surface area (Å²) in [6.07, 6.45) is 10.3. The molecule has 1 saturated heterocycles. The fourth-order valence-electron chi connectivity index (χ4n) is 7.51. The second-order valence-electron chi connectivity index (χ2n) is 13.2. The first-order valence-electron chi connectivity index (χ1n) is 16.9. The molecule has 3 heterocycles. The second kappa shape index (κ2) is 13.9. The molecule has 0 spiro atoms. The predicted octanol–water partition coefficient (Wildman–Crippen LogP) is 4.20. The maximum atomic E-state index is 13.3. The number of rotatable bonds is 10. The highest BCUT2D eigenvalue weighted by Crippen LogP contribution is 2.38. The Kier molecular flexibility index (Phi) is 9.35. The Morgan fingerprint density at radius 2 is 1.79 bits per heavy atom. The summed E-state index contributed by atoms with van der Waals surface area (Å²) in [6.45, 7) is 5.71. The number of carbonyl (C=O) groups is 1. The zero-order valence-electron chi connectivity index (χ0n) is 27.1. The van der Waals surface area contributed by atoms with Crippen LogP contribution in [0.25, 0.3) is 22.3 Å². The maximum absolute atomic E-state index is 13.3. The third-order valence-electron chi connectivity index (χ3n) is 10.2. The SMILES string of the molecule is Cn1cc(-c2cnc(N)c(C(=O)N[C@H]3CCC[C@@H]3OCc3ccc(-c4ccc5c(c4)CC[C@@H]5N4CCN(CCO)CC4)cc3)c2)cn1. The van der Waals surface area contributed by atoms with Gasteiger partial charge in [-0.2, -0.15) is 5.10 Å². The molecule has 47 heavy (non-hydrogen) atoms. The number of aliphatic hydroxyl groups excluding tert-OH is 1. The van der Waals surface area contributed by atoms with Gasteiger partial charge in [-0.15, -0.1) is 0 Å². The minimum atomic E-state index is -0.230. The standard InChI is InChI=1S/C37H45N7O3/c1-42-23-30(22-40-42)29-20-32(36(38)39-21-29)37(46)41-33-3-2-4-35(33)47-24-25-5-7-26(8-6-25)27-9-11-31-28(19-27)10-12-34(31)44-15-13-43(14-16-44)17-18-45/h5-9,11,19-23,33-35,45H,2-4,10,12-18,24H2,1H3,(H2,38,39)(H,41,46)/t33-,34-,35-/m0/s1. The van der Waals surface area contributed by atoms with Crippen molar-refractivity contribution in [2.45, 2.75) is 56.9 Å². The summed E-state index contributed by atoms with van der Waals surface area (Å²) in [6, 6.07) is 17.9. The molecule has 7 rings (SSSR count). The number of nitrogens with one attached hydrogen (secondary N) is 1. The average molecular weight is 636 g/mol. The molecular weight excluding hydrogens is 590 g/mol. The van der Waals surface area contributed by atoms with E-state index >= 15 is 0 Å². The third-order valence-corrected chi connectivity index (χ3v) is 10.2. The zero-order valence-corrected chi connectivity index (χ0v) is 27.1. The number of aromatic nitrogens is 3. The van der Waals surface area contributed by atoms with Crippen LogP contribution in [0.4, 0.5) is 5.82 Å². The van der Waals surface area contributed by atoms with Gasteiger partial charge in [0.1, 0.15) is 5.82 Å². The summed E-state index contributed by atoms with van der Waals surface area (Å²) in [5, 5.41) is 16.6. The molecule has 1 saturated carbocycles. The fourth-order valence-corrected chi connectivity index (χ4v) is 7.51. The number of piperazine rings is 1. The lowest BCUT2D eigenvalue weighted by atomic mass is 9.98. The molecule has 3 aliphatic rings. The van der Waals surface area contributed by atoms with Gasteiger partial charge in [-0.3, -0.25) is 19.3 Å². The summed E-state index contributed by atoms with van der Waals surface area (Å²) in [5.41, 5.74) is 14.7. The van der Waals surface area contributed by atoms with E-state index in [1.165, 1.54) is 28.7 Å². The minimum Gasteiger partial charge on any atom is -0.395 e. The van der Waals surface area contributed by atoms with E-state index in [0.717, 1.165) is 75.1 Å². The number of nitrogens with zero attached hydrogens (tertiary/aromatic N) is 5. The van der Waals surface area contributed by atoms with Crippen LogP contribution < -0.4 is 11.1 Å². The molecule has 2 aromatic heterocycles. The molecule has 2 aromatic carbocycles. The van der Waals surface area contributed by atoms with Crippen LogP contribution in [0.15, 0.2) is 67.1 Å². The molecule has 0 unspecified atom stereocenters. The number of nitrogen functional groups attached to an aromatic ring is 1. The quantitative estimate of drug-likeness (QED) is 0.237. The highest BCUT2D eigenvalue weighted by atomic mass is 16.5. The van der Waals surface area contributed by atoms with E-state index in [1.54, 1.807) is 23.1 Å². The Hall–Kier alpha value is -4.09. The smallest absolute Gasteiger partial charge is 0.255 e. The van der Waals surface area contributed by atoms with E-state index in [1.807, 2.05) is 13.2 Å². The van der Waals surface area contributed by atoms with E-state index < -0.39 is 0 Å². The normalized spacial score (nSPS) is 21.6. The second-order valence-corrected chi connectivity index (χ2v) is 13.2. The predicted molar refractivity (Wildman–Crippen MR) is 183 cm³/mol. The summed E-state index contributed by atoms with van der Waals surface area (Å²) < 4.78 is 8.08. The molecule has 10 heteroatoms. The van der Waals surface area contributed by atoms with Gasteiger partial charge in [0.15, 0.2) is 0 Å². The molecule has 4 N–H and O–H groups in total. The minimum absolute atomic E-state index is 0.0587. The van der Waals surface area contributed by atoms with Crippen molar-refractivity contribution in [2.24, 2.45) is 7.05 Å². The maximum Gasteiger partial charge on any atom is 0.255 e. The van der Waals surface area contributed by atoms with Crippen molar-refractivity contribution in [2.75, 3.05) is 45.1 Å². The number of fused-ring (bicyclic) bond motifs is 1. The van der Waals surface area contributed by atoms with Crippen LogP contribution in [0.1, 0.15) is 58.8 Å². The number of pyridine rings is 1. The van der Waals surface area contributed by atoms with Crippen LogP contribution in [0.5, 0.6) is 0 Å². The first-order chi connectivity index (χ1) is 22.9. The van der Waals surface area contributed by atoms with Gasteiger partial charge in [-0.25, -0.2) is 4.98 Å². The van der Waals surface area contributed by atoms with E-state index in [4.69, 9.17) is 10.5 Å². The Labute approximate surface area is 276 Å². The van der Waals surface area contributed by atoms with Gasteiger partial charge in [0, 0.05) is 69.3 Å². The van der Waals surface area contributed by atoms with Crippen molar-refractivity contribution in [3.63, 3.8) is 0 Å². The van der Waals surface area contributed by atoms with Gasteiger partial charge in [-0.05, 0) is 66.0 Å². The van der Waals surface area contributed by atoms with Crippen molar-refractivity contribution < 1.29 is 14.6 Å². The van der Waals surface area contributed by atoms with Crippen molar-refractivity contribution in [3.8, 4) is 22.3 Å². The Morgan fingerprint density at radius 3 is 2.55 bits per heavy atom. The summed E-state index contributed by atoms with van der Waals surface area (Å²) in [4.78, 5) is 22.5. The summed E-state index contributed by atoms with van der Waals surface area (Å²) >= 11 is 0. The number of amides is 1.